The highest BCUT2D eigenvalue weighted by Gasteiger charge is 2.06. The standard InChI is InChI=1S/C15H11BrCl2N2/c16-15-12(18)2-1-3-13(15)19-7-9-8-20-14-6-10(17)4-5-11(9)14/h1-6,8,19-20H,7H2. The van der Waals surface area contributed by atoms with E-state index in [-0.39, 0.29) is 0 Å². The van der Waals surface area contributed by atoms with Crippen molar-refractivity contribution in [3.8, 4) is 0 Å². The Morgan fingerprint density at radius 2 is 2.00 bits per heavy atom. The number of benzene rings is 2. The molecule has 0 aliphatic rings. The summed E-state index contributed by atoms with van der Waals surface area (Å²) in [5.41, 5.74) is 3.20. The molecule has 1 aromatic heterocycles. The molecule has 0 aliphatic carbocycles. The summed E-state index contributed by atoms with van der Waals surface area (Å²) in [5.74, 6) is 0. The molecule has 5 heteroatoms. The zero-order valence-electron chi connectivity index (χ0n) is 10.4. The smallest absolute Gasteiger partial charge is 0.0593 e. The summed E-state index contributed by atoms with van der Waals surface area (Å²) in [7, 11) is 0. The maximum atomic E-state index is 6.08. The summed E-state index contributed by atoms with van der Waals surface area (Å²) in [6.45, 7) is 0.709. The number of aromatic nitrogens is 1. The first kappa shape index (κ1) is 13.8. The fourth-order valence-electron chi connectivity index (χ4n) is 2.14. The van der Waals surface area contributed by atoms with E-state index in [0.29, 0.717) is 11.6 Å². The third-order valence-corrected chi connectivity index (χ3v) is 4.78. The zero-order valence-corrected chi connectivity index (χ0v) is 13.5. The van der Waals surface area contributed by atoms with Gasteiger partial charge in [0.25, 0.3) is 0 Å². The molecule has 0 saturated carbocycles. The summed E-state index contributed by atoms with van der Waals surface area (Å²) in [6, 6.07) is 11.6. The minimum absolute atomic E-state index is 0.695. The van der Waals surface area contributed by atoms with Gasteiger partial charge in [0.05, 0.1) is 15.2 Å². The highest BCUT2D eigenvalue weighted by atomic mass is 79.9. The van der Waals surface area contributed by atoms with Crippen LogP contribution < -0.4 is 5.32 Å². The van der Waals surface area contributed by atoms with E-state index in [1.807, 2.05) is 42.6 Å². The first-order valence-electron chi connectivity index (χ1n) is 6.08. The number of hydrogen-bond donors (Lipinski definition) is 2. The first-order valence-corrected chi connectivity index (χ1v) is 7.63. The number of rotatable bonds is 3. The molecule has 3 rings (SSSR count). The predicted octanol–water partition coefficient (Wildman–Crippen LogP) is 5.85. The molecule has 0 atom stereocenters. The molecule has 1 heterocycles. The van der Waals surface area contributed by atoms with Crippen molar-refractivity contribution in [1.82, 2.24) is 4.98 Å². The molecule has 102 valence electrons. The van der Waals surface area contributed by atoms with E-state index in [1.54, 1.807) is 0 Å². The number of halogens is 3. The van der Waals surface area contributed by atoms with E-state index >= 15 is 0 Å². The molecular formula is C15H11BrCl2N2. The van der Waals surface area contributed by atoms with Gasteiger partial charge >= 0.3 is 0 Å². The van der Waals surface area contributed by atoms with Crippen molar-refractivity contribution in [3.63, 3.8) is 0 Å². The Kier molecular flexibility index (Phi) is 3.92. The van der Waals surface area contributed by atoms with Crippen molar-refractivity contribution in [1.29, 1.82) is 0 Å². The quantitative estimate of drug-likeness (QED) is 0.595. The molecule has 2 N–H and O–H groups in total. The number of H-pyrrole nitrogens is 1. The van der Waals surface area contributed by atoms with E-state index in [4.69, 9.17) is 23.2 Å². The van der Waals surface area contributed by atoms with Gasteiger partial charge in [-0.25, -0.2) is 0 Å². The molecule has 3 aromatic rings. The summed E-state index contributed by atoms with van der Waals surface area (Å²) < 4.78 is 0.879. The van der Waals surface area contributed by atoms with E-state index in [0.717, 1.165) is 20.7 Å². The zero-order chi connectivity index (χ0) is 14.1. The second-order valence-electron chi connectivity index (χ2n) is 4.46. The lowest BCUT2D eigenvalue weighted by atomic mass is 10.1. The van der Waals surface area contributed by atoms with E-state index in [2.05, 4.69) is 26.2 Å². The van der Waals surface area contributed by atoms with Crippen LogP contribution in [0.15, 0.2) is 47.1 Å². The van der Waals surface area contributed by atoms with Crippen LogP contribution in [0.1, 0.15) is 5.56 Å². The lowest BCUT2D eigenvalue weighted by Crippen LogP contribution is -1.99. The molecule has 0 unspecified atom stereocenters. The highest BCUT2D eigenvalue weighted by Crippen LogP contribution is 2.31. The lowest BCUT2D eigenvalue weighted by Gasteiger charge is -2.09. The van der Waals surface area contributed by atoms with Gasteiger partial charge in [0.2, 0.25) is 0 Å². The average molecular weight is 370 g/mol. The van der Waals surface area contributed by atoms with Gasteiger partial charge in [-0.3, -0.25) is 0 Å². The fraction of sp³-hybridized carbons (Fsp3) is 0.0667. The van der Waals surface area contributed by atoms with Gasteiger partial charge in [-0.05, 0) is 45.8 Å². The van der Waals surface area contributed by atoms with Crippen molar-refractivity contribution in [2.24, 2.45) is 0 Å². The maximum Gasteiger partial charge on any atom is 0.0593 e. The Labute approximate surface area is 135 Å². The predicted molar refractivity (Wildman–Crippen MR) is 89.8 cm³/mol. The van der Waals surface area contributed by atoms with Gasteiger partial charge in [0.1, 0.15) is 0 Å². The fourth-order valence-corrected chi connectivity index (χ4v) is 2.89. The molecule has 0 amide bonds. The third kappa shape index (κ3) is 2.66. The van der Waals surface area contributed by atoms with Crippen LogP contribution in [0.2, 0.25) is 10.0 Å². The SMILES string of the molecule is Clc1ccc2c(CNc3cccc(Cl)c3Br)c[nH]c2c1. The summed E-state index contributed by atoms with van der Waals surface area (Å²) in [6.07, 6.45) is 1.99. The van der Waals surface area contributed by atoms with Crippen LogP contribution in [0.25, 0.3) is 10.9 Å². The van der Waals surface area contributed by atoms with Gasteiger partial charge in [0, 0.05) is 28.7 Å². The van der Waals surface area contributed by atoms with Crippen LogP contribution in [0.4, 0.5) is 5.69 Å². The van der Waals surface area contributed by atoms with Crippen LogP contribution in [-0.4, -0.2) is 4.98 Å². The Hall–Kier alpha value is -1.16. The minimum Gasteiger partial charge on any atom is -0.380 e. The van der Waals surface area contributed by atoms with Crippen molar-refractivity contribution >= 4 is 55.7 Å². The van der Waals surface area contributed by atoms with Crippen molar-refractivity contribution in [2.45, 2.75) is 6.54 Å². The molecule has 0 radical (unpaired) electrons. The number of aromatic amines is 1. The van der Waals surface area contributed by atoms with Gasteiger partial charge in [-0.1, -0.05) is 35.3 Å². The van der Waals surface area contributed by atoms with Crippen molar-refractivity contribution < 1.29 is 0 Å². The van der Waals surface area contributed by atoms with Gasteiger partial charge in [0.15, 0.2) is 0 Å². The summed E-state index contributed by atoms with van der Waals surface area (Å²) in [4.78, 5) is 3.23. The average Bonchev–Trinajstić information content (AvgIpc) is 2.83. The molecular weight excluding hydrogens is 359 g/mol. The molecule has 20 heavy (non-hydrogen) atoms. The molecule has 0 saturated heterocycles. The van der Waals surface area contributed by atoms with Gasteiger partial charge < -0.3 is 10.3 Å². The largest absolute Gasteiger partial charge is 0.380 e. The number of fused-ring (bicyclic) bond motifs is 1. The summed E-state index contributed by atoms with van der Waals surface area (Å²) >= 11 is 15.5. The van der Waals surface area contributed by atoms with E-state index in [9.17, 15) is 0 Å². The molecule has 0 bridgehead atoms. The molecule has 2 nitrogen and oxygen atoms in total. The Morgan fingerprint density at radius 1 is 1.15 bits per heavy atom. The van der Waals surface area contributed by atoms with E-state index < -0.39 is 0 Å². The minimum atomic E-state index is 0.695. The number of hydrogen-bond acceptors (Lipinski definition) is 1. The number of anilines is 1. The number of nitrogens with one attached hydrogen (secondary N) is 2. The third-order valence-electron chi connectivity index (χ3n) is 3.15. The van der Waals surface area contributed by atoms with Crippen LogP contribution in [-0.2, 0) is 6.54 Å². The monoisotopic (exact) mass is 368 g/mol. The summed E-state index contributed by atoms with van der Waals surface area (Å²) in [5, 5.41) is 5.97. The van der Waals surface area contributed by atoms with Crippen LogP contribution in [0, 0.1) is 0 Å². The Morgan fingerprint density at radius 3 is 2.85 bits per heavy atom. The Bertz CT molecular complexity index is 768. The normalized spacial score (nSPS) is 10.9. The highest BCUT2D eigenvalue weighted by molar-refractivity contribution is 9.10. The molecule has 0 aliphatic heterocycles. The maximum absolute atomic E-state index is 6.08. The van der Waals surface area contributed by atoms with Crippen LogP contribution in [0.5, 0.6) is 0 Å². The molecule has 0 fully saturated rings. The van der Waals surface area contributed by atoms with Crippen LogP contribution >= 0.6 is 39.1 Å². The second-order valence-corrected chi connectivity index (χ2v) is 6.10. The van der Waals surface area contributed by atoms with Crippen molar-refractivity contribution in [3.05, 3.63) is 62.7 Å². The Balaban J connectivity index is 1.85. The molecule has 0 spiro atoms. The van der Waals surface area contributed by atoms with E-state index in [1.165, 1.54) is 10.9 Å². The van der Waals surface area contributed by atoms with Gasteiger partial charge in [-0.2, -0.15) is 0 Å². The van der Waals surface area contributed by atoms with Crippen molar-refractivity contribution in [2.75, 3.05) is 5.32 Å². The van der Waals surface area contributed by atoms with Gasteiger partial charge in [-0.15, -0.1) is 0 Å². The van der Waals surface area contributed by atoms with Crippen LogP contribution in [0.3, 0.4) is 0 Å². The molecule has 2 aromatic carbocycles. The first-order chi connectivity index (χ1) is 9.65. The topological polar surface area (TPSA) is 27.8 Å². The second kappa shape index (κ2) is 5.68. The lowest BCUT2D eigenvalue weighted by molar-refractivity contribution is 1.16.